The van der Waals surface area contributed by atoms with Gasteiger partial charge in [-0.25, -0.2) is 4.68 Å². The van der Waals surface area contributed by atoms with E-state index >= 15 is 0 Å². The molecule has 1 saturated heterocycles. The molecule has 2 atom stereocenters. The number of carbonyl (C=O) groups excluding carboxylic acids is 2. The molecule has 0 bridgehead atoms. The first kappa shape index (κ1) is 30.2. The van der Waals surface area contributed by atoms with E-state index in [2.05, 4.69) is 31.1 Å². The van der Waals surface area contributed by atoms with Crippen LogP contribution in [0, 0.1) is 17.8 Å². The van der Waals surface area contributed by atoms with Crippen LogP contribution in [0.5, 0.6) is 0 Å². The zero-order valence-electron chi connectivity index (χ0n) is 21.7. The molecule has 1 aromatic rings. The molecule has 1 aliphatic rings. The van der Waals surface area contributed by atoms with E-state index < -0.39 is 0 Å². The van der Waals surface area contributed by atoms with Gasteiger partial charge in [0, 0.05) is 25.6 Å². The molecular formula is C24H46N4O4. The molecule has 2 rings (SSSR count). The molecule has 32 heavy (non-hydrogen) atoms. The summed E-state index contributed by atoms with van der Waals surface area (Å²) >= 11 is 0. The van der Waals surface area contributed by atoms with Crippen molar-refractivity contribution in [1.29, 1.82) is 0 Å². The molecule has 1 N–H and O–H groups in total. The van der Waals surface area contributed by atoms with Crippen LogP contribution in [-0.4, -0.2) is 55.6 Å². The molecule has 0 spiro atoms. The van der Waals surface area contributed by atoms with E-state index in [1.165, 1.54) is 4.90 Å². The number of rotatable bonds is 10. The largest absolute Gasteiger partial charge is 0.396 e. The van der Waals surface area contributed by atoms with Crippen molar-refractivity contribution in [2.45, 2.75) is 100 Å². The highest BCUT2D eigenvalue weighted by Crippen LogP contribution is 2.21. The van der Waals surface area contributed by atoms with Crippen molar-refractivity contribution < 1.29 is 19.4 Å². The molecule has 8 nitrogen and oxygen atoms in total. The summed E-state index contributed by atoms with van der Waals surface area (Å²) in [5.41, 5.74) is 0.261. The quantitative estimate of drug-likeness (QED) is 0.535. The van der Waals surface area contributed by atoms with Crippen molar-refractivity contribution in [3.63, 3.8) is 0 Å². The van der Waals surface area contributed by atoms with E-state index in [9.17, 15) is 9.59 Å². The van der Waals surface area contributed by atoms with E-state index in [1.807, 2.05) is 34.6 Å². The SMILES string of the molecule is CC.CC(C)CCOC(C)(C)Cn1cc(CN2C(=O)CC(C)C2=O)nn1.CCC(C)CO. The summed E-state index contributed by atoms with van der Waals surface area (Å²) < 4.78 is 7.64. The van der Waals surface area contributed by atoms with Gasteiger partial charge in [0.25, 0.3) is 0 Å². The Bertz CT molecular complexity index is 669. The Kier molecular flexibility index (Phi) is 14.3. The normalized spacial score (nSPS) is 17.1. The van der Waals surface area contributed by atoms with Crippen LogP contribution in [0.25, 0.3) is 0 Å². The molecule has 0 radical (unpaired) electrons. The Labute approximate surface area is 194 Å². The highest BCUT2D eigenvalue weighted by atomic mass is 16.5. The maximum absolute atomic E-state index is 12.0. The van der Waals surface area contributed by atoms with E-state index in [0.717, 1.165) is 12.8 Å². The predicted octanol–water partition coefficient (Wildman–Crippen LogP) is 4.07. The standard InChI is InChI=1S/C17H28N4O3.C5H12O.C2H6/c1-12(2)6-7-24-17(4,5)11-20-9-14(18-19-20)10-21-15(22)8-13(3)16(21)23;1-3-5(2)4-6;1-2/h9,12-13H,6-8,10-11H2,1-5H3;5-6H,3-4H2,1-2H3;1-2H3. The third-order valence-corrected chi connectivity index (χ3v) is 5.12. The molecule has 1 aliphatic heterocycles. The second kappa shape index (κ2) is 15.1. The van der Waals surface area contributed by atoms with Gasteiger partial charge in [0.2, 0.25) is 11.8 Å². The zero-order chi connectivity index (χ0) is 24.9. The maximum atomic E-state index is 12.0. The van der Waals surface area contributed by atoms with Gasteiger partial charge in [0.15, 0.2) is 0 Å². The van der Waals surface area contributed by atoms with Gasteiger partial charge in [0.05, 0.1) is 24.9 Å². The second-order valence-corrected chi connectivity index (χ2v) is 9.32. The number of aliphatic hydroxyl groups is 1. The van der Waals surface area contributed by atoms with Crippen LogP contribution < -0.4 is 0 Å². The fourth-order valence-electron chi connectivity index (χ4n) is 2.80. The Morgan fingerprint density at radius 1 is 1.25 bits per heavy atom. The number of carbonyl (C=O) groups is 2. The van der Waals surface area contributed by atoms with Crippen LogP contribution >= 0.6 is 0 Å². The number of hydrogen-bond acceptors (Lipinski definition) is 6. The average molecular weight is 455 g/mol. The summed E-state index contributed by atoms with van der Waals surface area (Å²) in [5.74, 6) is 0.592. The lowest BCUT2D eigenvalue weighted by molar-refractivity contribution is -0.140. The fraction of sp³-hybridized carbons (Fsp3) is 0.833. The Morgan fingerprint density at radius 3 is 2.31 bits per heavy atom. The van der Waals surface area contributed by atoms with Gasteiger partial charge in [-0.2, -0.15) is 0 Å². The highest BCUT2D eigenvalue weighted by Gasteiger charge is 2.35. The number of likely N-dealkylation sites (tertiary alicyclic amines) is 1. The first-order chi connectivity index (χ1) is 15.0. The zero-order valence-corrected chi connectivity index (χ0v) is 21.7. The topological polar surface area (TPSA) is 97.6 Å². The average Bonchev–Trinajstić information content (AvgIpc) is 3.27. The minimum atomic E-state index is -0.354. The van der Waals surface area contributed by atoms with Crippen LogP contribution in [0.15, 0.2) is 6.20 Å². The van der Waals surface area contributed by atoms with Crippen LogP contribution in [0.1, 0.15) is 87.3 Å². The van der Waals surface area contributed by atoms with Gasteiger partial charge in [-0.05, 0) is 32.1 Å². The van der Waals surface area contributed by atoms with E-state index in [0.29, 0.717) is 37.3 Å². The lowest BCUT2D eigenvalue weighted by Crippen LogP contribution is -2.31. The van der Waals surface area contributed by atoms with Crippen molar-refractivity contribution in [3.05, 3.63) is 11.9 Å². The smallest absolute Gasteiger partial charge is 0.232 e. The van der Waals surface area contributed by atoms with Crippen molar-refractivity contribution >= 4 is 11.8 Å². The van der Waals surface area contributed by atoms with Crippen LogP contribution in [0.4, 0.5) is 0 Å². The van der Waals surface area contributed by atoms with Gasteiger partial charge >= 0.3 is 0 Å². The summed E-state index contributed by atoms with van der Waals surface area (Å²) in [5, 5.41) is 16.5. The van der Waals surface area contributed by atoms with Crippen molar-refractivity contribution in [1.82, 2.24) is 19.9 Å². The monoisotopic (exact) mass is 454 g/mol. The van der Waals surface area contributed by atoms with Gasteiger partial charge in [-0.15, -0.1) is 5.10 Å². The van der Waals surface area contributed by atoms with Gasteiger partial charge in [-0.3, -0.25) is 14.5 Å². The summed E-state index contributed by atoms with van der Waals surface area (Å²) in [6, 6.07) is 0. The molecule has 2 unspecified atom stereocenters. The number of aliphatic hydroxyl groups excluding tert-OH is 1. The van der Waals surface area contributed by atoms with Crippen molar-refractivity contribution in [2.75, 3.05) is 13.2 Å². The molecule has 0 aliphatic carbocycles. The second-order valence-electron chi connectivity index (χ2n) is 9.32. The summed E-state index contributed by atoms with van der Waals surface area (Å²) in [6.07, 6.45) is 4.15. The Balaban J connectivity index is 0.00000104. The van der Waals surface area contributed by atoms with E-state index in [-0.39, 0.29) is 36.3 Å². The third kappa shape index (κ3) is 11.2. The van der Waals surface area contributed by atoms with Gasteiger partial charge < -0.3 is 9.84 Å². The fourth-order valence-corrected chi connectivity index (χ4v) is 2.80. The molecule has 2 heterocycles. The first-order valence-corrected chi connectivity index (χ1v) is 12.0. The molecular weight excluding hydrogens is 408 g/mol. The van der Waals surface area contributed by atoms with Crippen LogP contribution in [0.3, 0.4) is 0 Å². The van der Waals surface area contributed by atoms with E-state index in [1.54, 1.807) is 17.8 Å². The molecule has 1 aromatic heterocycles. The molecule has 8 heteroatoms. The van der Waals surface area contributed by atoms with Gasteiger partial charge in [-0.1, -0.05) is 60.1 Å². The number of ether oxygens (including phenoxy) is 1. The summed E-state index contributed by atoms with van der Waals surface area (Å²) in [7, 11) is 0. The summed E-state index contributed by atoms with van der Waals surface area (Å²) in [4.78, 5) is 25.1. The minimum absolute atomic E-state index is 0.133. The number of imide groups is 1. The van der Waals surface area contributed by atoms with E-state index in [4.69, 9.17) is 9.84 Å². The maximum Gasteiger partial charge on any atom is 0.232 e. The number of nitrogens with zero attached hydrogens (tertiary/aromatic N) is 4. The number of aromatic nitrogens is 3. The summed E-state index contributed by atoms with van der Waals surface area (Å²) in [6.45, 7) is 20.0. The lowest BCUT2D eigenvalue weighted by Gasteiger charge is -2.25. The molecule has 186 valence electrons. The number of amides is 2. The molecule has 2 amide bonds. The van der Waals surface area contributed by atoms with Crippen molar-refractivity contribution in [2.24, 2.45) is 17.8 Å². The Hall–Kier alpha value is -1.80. The molecule has 0 saturated carbocycles. The Morgan fingerprint density at radius 2 is 1.88 bits per heavy atom. The first-order valence-electron chi connectivity index (χ1n) is 12.0. The molecule has 1 fully saturated rings. The minimum Gasteiger partial charge on any atom is -0.396 e. The third-order valence-electron chi connectivity index (χ3n) is 5.12. The van der Waals surface area contributed by atoms with Crippen LogP contribution in [-0.2, 0) is 27.4 Å². The lowest BCUT2D eigenvalue weighted by atomic mass is 10.1. The molecule has 0 aromatic carbocycles. The van der Waals surface area contributed by atoms with Gasteiger partial charge in [0.1, 0.15) is 5.69 Å². The number of hydrogen-bond donors (Lipinski definition) is 1. The van der Waals surface area contributed by atoms with Crippen molar-refractivity contribution in [3.8, 4) is 0 Å². The highest BCUT2D eigenvalue weighted by molar-refractivity contribution is 6.03. The predicted molar refractivity (Wildman–Crippen MR) is 127 cm³/mol. The van der Waals surface area contributed by atoms with Crippen LogP contribution in [0.2, 0.25) is 0 Å².